The molecule has 3 aliphatic carbocycles. The number of hydrogen-bond acceptors (Lipinski definition) is 4. The number of rotatable bonds is 6. The lowest BCUT2D eigenvalue weighted by molar-refractivity contribution is 0.0669. The predicted molar refractivity (Wildman–Crippen MR) is 130 cm³/mol. The van der Waals surface area contributed by atoms with Crippen molar-refractivity contribution in [3.63, 3.8) is 0 Å². The number of nitrogens with zero attached hydrogens (tertiary/aromatic N) is 2. The molecule has 7 rings (SSSR count). The monoisotopic (exact) mass is 426 g/mol. The van der Waals surface area contributed by atoms with E-state index in [9.17, 15) is 0 Å². The van der Waals surface area contributed by atoms with Crippen molar-refractivity contribution in [1.29, 1.82) is 0 Å². The SMILES string of the molecule is C=CCN1CC(Nc2ccc(C3C4=C(CCN3C35CCC3C5)C3CC=CC=C3N4)cc2)C1. The number of anilines is 1. The third-order valence-corrected chi connectivity index (χ3v) is 9.05. The number of allylic oxidation sites excluding steroid dienone is 4. The smallest absolute Gasteiger partial charge is 0.0758 e. The maximum absolute atomic E-state index is 3.91. The molecule has 0 bridgehead atoms. The molecule has 3 aliphatic heterocycles. The second-order valence-corrected chi connectivity index (χ2v) is 10.8. The van der Waals surface area contributed by atoms with Gasteiger partial charge in [0.2, 0.25) is 0 Å². The van der Waals surface area contributed by atoms with E-state index in [4.69, 9.17) is 0 Å². The van der Waals surface area contributed by atoms with Crippen LogP contribution in [0, 0.1) is 11.8 Å². The van der Waals surface area contributed by atoms with E-state index in [1.165, 1.54) is 54.9 Å². The van der Waals surface area contributed by atoms with Crippen molar-refractivity contribution >= 4 is 5.69 Å². The molecule has 0 spiro atoms. The molecule has 0 aromatic heterocycles. The first-order chi connectivity index (χ1) is 15.7. The Kier molecular flexibility index (Phi) is 4.26. The van der Waals surface area contributed by atoms with Gasteiger partial charge in [0.25, 0.3) is 0 Å². The highest BCUT2D eigenvalue weighted by Gasteiger charge is 2.66. The van der Waals surface area contributed by atoms with Crippen LogP contribution in [0.2, 0.25) is 0 Å². The summed E-state index contributed by atoms with van der Waals surface area (Å²) in [5.74, 6) is 1.54. The molecule has 4 nitrogen and oxygen atoms in total. The summed E-state index contributed by atoms with van der Waals surface area (Å²) in [7, 11) is 0. The van der Waals surface area contributed by atoms with Crippen molar-refractivity contribution in [2.24, 2.45) is 11.8 Å². The highest BCUT2D eigenvalue weighted by molar-refractivity contribution is 5.51. The van der Waals surface area contributed by atoms with Gasteiger partial charge in [0.1, 0.15) is 0 Å². The minimum absolute atomic E-state index is 0.386. The molecule has 3 fully saturated rings. The summed E-state index contributed by atoms with van der Waals surface area (Å²) in [5.41, 5.74) is 7.81. The fourth-order valence-corrected chi connectivity index (χ4v) is 7.16. The van der Waals surface area contributed by atoms with Gasteiger partial charge >= 0.3 is 0 Å². The summed E-state index contributed by atoms with van der Waals surface area (Å²) < 4.78 is 0. The van der Waals surface area contributed by atoms with E-state index in [-0.39, 0.29) is 0 Å². The van der Waals surface area contributed by atoms with Crippen LogP contribution in [0.25, 0.3) is 0 Å². The molecule has 32 heavy (non-hydrogen) atoms. The normalized spacial score (nSPS) is 35.6. The summed E-state index contributed by atoms with van der Waals surface area (Å²) in [6.45, 7) is 8.28. The zero-order valence-electron chi connectivity index (χ0n) is 18.9. The fourth-order valence-electron chi connectivity index (χ4n) is 7.16. The van der Waals surface area contributed by atoms with E-state index in [1.54, 1.807) is 5.57 Å². The predicted octanol–water partition coefficient (Wildman–Crippen LogP) is 4.59. The van der Waals surface area contributed by atoms with Gasteiger partial charge in [-0.1, -0.05) is 30.4 Å². The third-order valence-electron chi connectivity index (χ3n) is 9.05. The molecule has 2 N–H and O–H groups in total. The van der Waals surface area contributed by atoms with Crippen LogP contribution in [0.5, 0.6) is 0 Å². The van der Waals surface area contributed by atoms with Crippen molar-refractivity contribution in [3.8, 4) is 0 Å². The van der Waals surface area contributed by atoms with Crippen LogP contribution in [0.4, 0.5) is 5.69 Å². The maximum atomic E-state index is 3.91. The van der Waals surface area contributed by atoms with Gasteiger partial charge in [-0.2, -0.15) is 0 Å². The molecule has 166 valence electrons. The number of fused-ring (bicyclic) bond motifs is 3. The summed E-state index contributed by atoms with van der Waals surface area (Å²) in [5, 5.41) is 7.63. The van der Waals surface area contributed by atoms with Crippen LogP contribution < -0.4 is 10.6 Å². The highest BCUT2D eigenvalue weighted by atomic mass is 15.3. The molecule has 0 amide bonds. The highest BCUT2D eigenvalue weighted by Crippen LogP contribution is 2.66. The Morgan fingerprint density at radius 3 is 2.81 bits per heavy atom. The van der Waals surface area contributed by atoms with E-state index >= 15 is 0 Å². The van der Waals surface area contributed by atoms with Crippen molar-refractivity contribution in [2.75, 3.05) is 31.5 Å². The van der Waals surface area contributed by atoms with Gasteiger partial charge in [-0.3, -0.25) is 9.80 Å². The van der Waals surface area contributed by atoms with Gasteiger partial charge in [-0.05, 0) is 67.4 Å². The molecule has 4 unspecified atom stereocenters. The van der Waals surface area contributed by atoms with E-state index in [0.717, 1.165) is 32.0 Å². The van der Waals surface area contributed by atoms with E-state index in [1.807, 2.05) is 6.08 Å². The Bertz CT molecular complexity index is 1020. The van der Waals surface area contributed by atoms with Crippen molar-refractivity contribution in [3.05, 3.63) is 77.7 Å². The number of hydrogen-bond donors (Lipinski definition) is 2. The first-order valence-electron chi connectivity index (χ1n) is 12.6. The molecule has 4 atom stereocenters. The van der Waals surface area contributed by atoms with Crippen molar-refractivity contribution in [1.82, 2.24) is 15.1 Å². The lowest BCUT2D eigenvalue weighted by Gasteiger charge is -2.46. The third kappa shape index (κ3) is 2.82. The summed E-state index contributed by atoms with van der Waals surface area (Å²) in [6.07, 6.45) is 15.5. The van der Waals surface area contributed by atoms with E-state index in [2.05, 4.69) is 69.5 Å². The van der Waals surface area contributed by atoms with Gasteiger partial charge in [0, 0.05) is 54.7 Å². The lowest BCUT2D eigenvalue weighted by atomic mass is 9.81. The Hall–Kier alpha value is -2.30. The summed E-state index contributed by atoms with van der Waals surface area (Å²) in [6, 6.07) is 10.3. The maximum Gasteiger partial charge on any atom is 0.0758 e. The number of nitrogens with one attached hydrogen (secondary N) is 2. The molecule has 1 aromatic rings. The molecule has 4 heteroatoms. The Labute approximate surface area is 191 Å². The van der Waals surface area contributed by atoms with Crippen LogP contribution in [0.3, 0.4) is 0 Å². The molecule has 2 saturated carbocycles. The molecule has 3 heterocycles. The zero-order chi connectivity index (χ0) is 21.3. The molecule has 1 aromatic carbocycles. The minimum Gasteiger partial charge on any atom is -0.380 e. The van der Waals surface area contributed by atoms with E-state index < -0.39 is 0 Å². The average molecular weight is 427 g/mol. The van der Waals surface area contributed by atoms with E-state index in [0.29, 0.717) is 23.5 Å². The first kappa shape index (κ1) is 19.2. The lowest BCUT2D eigenvalue weighted by Crippen LogP contribution is -2.54. The molecule has 0 radical (unpaired) electrons. The zero-order valence-corrected chi connectivity index (χ0v) is 18.9. The molecule has 6 aliphatic rings. The van der Waals surface area contributed by atoms with Crippen LogP contribution in [-0.2, 0) is 0 Å². The van der Waals surface area contributed by atoms with Gasteiger partial charge in [-0.25, -0.2) is 0 Å². The molecular formula is C28H34N4. The molecule has 1 saturated heterocycles. The van der Waals surface area contributed by atoms with Gasteiger partial charge in [0.05, 0.1) is 12.1 Å². The van der Waals surface area contributed by atoms with Crippen LogP contribution in [0.15, 0.2) is 72.1 Å². The second-order valence-electron chi connectivity index (χ2n) is 10.8. The average Bonchev–Trinajstić information content (AvgIpc) is 3.14. The largest absolute Gasteiger partial charge is 0.380 e. The van der Waals surface area contributed by atoms with Crippen molar-refractivity contribution in [2.45, 2.75) is 49.7 Å². The fraction of sp³-hybridized carbons (Fsp3) is 0.500. The Morgan fingerprint density at radius 1 is 1.22 bits per heavy atom. The van der Waals surface area contributed by atoms with Crippen LogP contribution in [-0.4, -0.2) is 47.6 Å². The summed E-state index contributed by atoms with van der Waals surface area (Å²) in [4.78, 5) is 5.31. The Balaban J connectivity index is 1.16. The van der Waals surface area contributed by atoms with Gasteiger partial charge in [-0.15, -0.1) is 6.58 Å². The second kappa shape index (κ2) is 7.10. The van der Waals surface area contributed by atoms with Gasteiger partial charge in [0.15, 0.2) is 0 Å². The molecular weight excluding hydrogens is 392 g/mol. The van der Waals surface area contributed by atoms with Crippen molar-refractivity contribution < 1.29 is 0 Å². The number of likely N-dealkylation sites (tertiary alicyclic amines) is 1. The number of benzene rings is 1. The quantitative estimate of drug-likeness (QED) is 0.652. The first-order valence-corrected chi connectivity index (χ1v) is 12.6. The minimum atomic E-state index is 0.386. The standard InChI is InChI=1S/C28H34N4/c1-2-14-31-17-22(18-31)29-21-9-7-19(8-10-21)27-26-24(23-5-3-4-6-25(23)30-26)12-15-32(27)28-13-11-20(28)16-28/h2-4,6-10,20,22-23,27,29-30H,1,5,11-18H2. The van der Waals surface area contributed by atoms with Crippen LogP contribution >= 0.6 is 0 Å². The topological polar surface area (TPSA) is 30.5 Å². The Morgan fingerprint density at radius 2 is 2.09 bits per heavy atom. The van der Waals surface area contributed by atoms with Gasteiger partial charge < -0.3 is 10.6 Å². The summed E-state index contributed by atoms with van der Waals surface area (Å²) >= 11 is 0. The van der Waals surface area contributed by atoms with Crippen LogP contribution in [0.1, 0.15) is 43.7 Å².